The Morgan fingerprint density at radius 2 is 2.00 bits per heavy atom. The summed E-state index contributed by atoms with van der Waals surface area (Å²) in [5.74, 6) is 1.91. The van der Waals surface area contributed by atoms with Gasteiger partial charge < -0.3 is 15.1 Å². The molecule has 21 heavy (non-hydrogen) atoms. The van der Waals surface area contributed by atoms with Crippen molar-refractivity contribution in [1.29, 1.82) is 0 Å². The highest BCUT2D eigenvalue weighted by Gasteiger charge is 2.53. The zero-order valence-electron chi connectivity index (χ0n) is 14.9. The largest absolute Gasteiger partial charge is 0.355 e. The van der Waals surface area contributed by atoms with Crippen molar-refractivity contribution in [1.82, 2.24) is 15.1 Å². The summed E-state index contributed by atoms with van der Waals surface area (Å²) in [5, 5.41) is 3.56. The van der Waals surface area contributed by atoms with Crippen molar-refractivity contribution in [2.75, 3.05) is 39.8 Å². The van der Waals surface area contributed by atoms with Gasteiger partial charge >= 0.3 is 0 Å². The van der Waals surface area contributed by atoms with E-state index in [1.807, 2.05) is 7.05 Å². The highest BCUT2D eigenvalue weighted by Crippen LogP contribution is 2.46. The van der Waals surface area contributed by atoms with Crippen molar-refractivity contribution in [3.63, 3.8) is 0 Å². The Hall–Kier alpha value is -0.770. The quantitative estimate of drug-likeness (QED) is 0.640. The molecule has 2 aliphatic heterocycles. The molecule has 0 radical (unpaired) electrons. The molecule has 1 atom stereocenters. The maximum Gasteiger partial charge on any atom is 0.194 e. The number of nitrogens with one attached hydrogen (secondary N) is 1. The Bertz CT molecular complexity index is 386. The molecule has 4 nitrogen and oxygen atoms in total. The van der Waals surface area contributed by atoms with Gasteiger partial charge in [-0.25, -0.2) is 0 Å². The van der Waals surface area contributed by atoms with Crippen LogP contribution in [-0.2, 0) is 0 Å². The SMILES string of the molecule is CN=C(NCCN1CCCC(C)C1)N1CC(C)(C)C1(C)C. The molecule has 0 bridgehead atoms. The Labute approximate surface area is 131 Å². The molecule has 2 rings (SSSR count). The second kappa shape index (κ2) is 6.15. The molecule has 0 amide bonds. The molecule has 0 aliphatic carbocycles. The van der Waals surface area contributed by atoms with E-state index in [-0.39, 0.29) is 5.54 Å². The fourth-order valence-corrected chi connectivity index (χ4v) is 3.51. The molecule has 2 fully saturated rings. The zero-order chi connectivity index (χ0) is 15.7. The number of hydrogen-bond donors (Lipinski definition) is 1. The van der Waals surface area contributed by atoms with Gasteiger partial charge in [0.2, 0.25) is 0 Å². The van der Waals surface area contributed by atoms with E-state index < -0.39 is 0 Å². The van der Waals surface area contributed by atoms with Gasteiger partial charge in [0.15, 0.2) is 5.96 Å². The zero-order valence-corrected chi connectivity index (χ0v) is 14.9. The molecular weight excluding hydrogens is 260 g/mol. The molecule has 122 valence electrons. The van der Waals surface area contributed by atoms with E-state index >= 15 is 0 Å². The van der Waals surface area contributed by atoms with E-state index in [9.17, 15) is 0 Å². The lowest BCUT2D eigenvalue weighted by Gasteiger charge is -2.62. The fourth-order valence-electron chi connectivity index (χ4n) is 3.51. The highest BCUT2D eigenvalue weighted by atomic mass is 15.4. The van der Waals surface area contributed by atoms with Gasteiger partial charge in [-0.1, -0.05) is 20.8 Å². The minimum atomic E-state index is 0.175. The number of piperidine rings is 1. The van der Waals surface area contributed by atoms with Crippen molar-refractivity contribution in [3.8, 4) is 0 Å². The van der Waals surface area contributed by atoms with E-state index in [0.29, 0.717) is 5.41 Å². The molecule has 2 aliphatic rings. The first-order valence-electron chi connectivity index (χ1n) is 8.48. The van der Waals surface area contributed by atoms with Crippen molar-refractivity contribution >= 4 is 5.96 Å². The van der Waals surface area contributed by atoms with Gasteiger partial charge in [-0.15, -0.1) is 0 Å². The molecule has 1 N–H and O–H groups in total. The molecule has 0 saturated carbocycles. The summed E-state index contributed by atoms with van der Waals surface area (Å²) in [7, 11) is 1.90. The predicted octanol–water partition coefficient (Wildman–Crippen LogP) is 2.41. The van der Waals surface area contributed by atoms with E-state index in [2.05, 4.69) is 54.7 Å². The van der Waals surface area contributed by atoms with Crippen molar-refractivity contribution < 1.29 is 0 Å². The average molecular weight is 294 g/mol. The van der Waals surface area contributed by atoms with Crippen LogP contribution in [0.1, 0.15) is 47.5 Å². The predicted molar refractivity (Wildman–Crippen MR) is 90.8 cm³/mol. The number of aliphatic imine (C=N–C) groups is 1. The van der Waals surface area contributed by atoms with Crippen LogP contribution in [0.2, 0.25) is 0 Å². The minimum Gasteiger partial charge on any atom is -0.355 e. The molecule has 2 heterocycles. The van der Waals surface area contributed by atoms with Crippen LogP contribution in [0.15, 0.2) is 4.99 Å². The topological polar surface area (TPSA) is 30.9 Å². The van der Waals surface area contributed by atoms with Crippen molar-refractivity contribution in [2.24, 2.45) is 16.3 Å². The summed E-state index contributed by atoms with van der Waals surface area (Å²) >= 11 is 0. The first-order chi connectivity index (χ1) is 9.78. The van der Waals surface area contributed by atoms with Gasteiger partial charge in [0.05, 0.1) is 0 Å². The number of nitrogens with zero attached hydrogens (tertiary/aromatic N) is 3. The normalized spacial score (nSPS) is 29.1. The molecule has 4 heteroatoms. The molecule has 0 spiro atoms. The lowest BCUT2D eigenvalue weighted by molar-refractivity contribution is -0.0667. The molecule has 0 aromatic heterocycles. The standard InChI is InChI=1S/C17H34N4/c1-14-8-7-10-20(12-14)11-9-19-15(18-6)21-13-16(2,3)17(21,4)5/h14H,7-13H2,1-6H3,(H,18,19). The number of likely N-dealkylation sites (tertiary alicyclic amines) is 2. The number of guanidine groups is 1. The van der Waals surface area contributed by atoms with E-state index in [1.165, 1.54) is 25.9 Å². The first kappa shape index (κ1) is 16.6. The Balaban J connectivity index is 1.79. The van der Waals surface area contributed by atoms with Crippen LogP contribution in [0.5, 0.6) is 0 Å². The summed E-state index contributed by atoms with van der Waals surface area (Å²) in [5.41, 5.74) is 0.529. The summed E-state index contributed by atoms with van der Waals surface area (Å²) in [4.78, 5) is 9.47. The number of rotatable bonds is 3. The van der Waals surface area contributed by atoms with E-state index in [4.69, 9.17) is 0 Å². The summed E-state index contributed by atoms with van der Waals surface area (Å²) in [6.07, 6.45) is 2.74. The van der Waals surface area contributed by atoms with Gasteiger partial charge in [0.25, 0.3) is 0 Å². The van der Waals surface area contributed by atoms with Crippen LogP contribution in [0.3, 0.4) is 0 Å². The molecular formula is C17H34N4. The maximum atomic E-state index is 4.48. The third-order valence-electron chi connectivity index (χ3n) is 5.80. The van der Waals surface area contributed by atoms with Gasteiger partial charge in [0, 0.05) is 44.2 Å². The molecule has 0 aromatic rings. The number of hydrogen-bond acceptors (Lipinski definition) is 2. The van der Waals surface area contributed by atoms with Crippen LogP contribution in [0.25, 0.3) is 0 Å². The smallest absolute Gasteiger partial charge is 0.194 e. The first-order valence-corrected chi connectivity index (χ1v) is 8.48. The third kappa shape index (κ3) is 3.36. The summed E-state index contributed by atoms with van der Waals surface area (Å²) in [6.45, 7) is 17.4. The second-order valence-electron chi connectivity index (χ2n) is 8.05. The summed E-state index contributed by atoms with van der Waals surface area (Å²) in [6, 6.07) is 0. The van der Waals surface area contributed by atoms with Crippen LogP contribution >= 0.6 is 0 Å². The van der Waals surface area contributed by atoms with Gasteiger partial charge in [-0.3, -0.25) is 4.99 Å². The van der Waals surface area contributed by atoms with Crippen LogP contribution in [0.4, 0.5) is 0 Å². The second-order valence-corrected chi connectivity index (χ2v) is 8.05. The van der Waals surface area contributed by atoms with Crippen molar-refractivity contribution in [2.45, 2.75) is 53.0 Å². The Morgan fingerprint density at radius 1 is 1.29 bits per heavy atom. The van der Waals surface area contributed by atoms with Gasteiger partial charge in [-0.2, -0.15) is 0 Å². The summed E-state index contributed by atoms with van der Waals surface area (Å²) < 4.78 is 0. The lowest BCUT2D eigenvalue weighted by Crippen LogP contribution is -2.72. The molecule has 1 unspecified atom stereocenters. The fraction of sp³-hybridized carbons (Fsp3) is 0.941. The van der Waals surface area contributed by atoms with E-state index in [0.717, 1.165) is 31.5 Å². The highest BCUT2D eigenvalue weighted by molar-refractivity contribution is 5.82. The maximum absolute atomic E-state index is 4.48. The molecule has 0 aromatic carbocycles. The Kier molecular flexibility index (Phi) is 4.86. The van der Waals surface area contributed by atoms with Gasteiger partial charge in [0.1, 0.15) is 0 Å². The average Bonchev–Trinajstić information content (AvgIpc) is 2.42. The molecule has 2 saturated heterocycles. The van der Waals surface area contributed by atoms with Gasteiger partial charge in [-0.05, 0) is 39.2 Å². The lowest BCUT2D eigenvalue weighted by atomic mass is 9.65. The minimum absolute atomic E-state index is 0.175. The van der Waals surface area contributed by atoms with Crippen molar-refractivity contribution in [3.05, 3.63) is 0 Å². The van der Waals surface area contributed by atoms with E-state index in [1.54, 1.807) is 0 Å². The van der Waals surface area contributed by atoms with Crippen LogP contribution in [0, 0.1) is 11.3 Å². The monoisotopic (exact) mass is 294 g/mol. The Morgan fingerprint density at radius 3 is 2.52 bits per heavy atom. The van der Waals surface area contributed by atoms with Crippen LogP contribution < -0.4 is 5.32 Å². The van der Waals surface area contributed by atoms with Crippen LogP contribution in [-0.4, -0.2) is 61.1 Å². The third-order valence-corrected chi connectivity index (χ3v) is 5.80.